The molecule has 1 amide bonds. The Morgan fingerprint density at radius 3 is 2.88 bits per heavy atom. The van der Waals surface area contributed by atoms with Crippen LogP contribution in [0, 0.1) is 11.8 Å². The van der Waals surface area contributed by atoms with Gasteiger partial charge in [0.05, 0.1) is 0 Å². The van der Waals surface area contributed by atoms with Crippen molar-refractivity contribution in [3.63, 3.8) is 0 Å². The zero-order valence-corrected chi connectivity index (χ0v) is 15.1. The Morgan fingerprint density at radius 1 is 1.15 bits per heavy atom. The van der Waals surface area contributed by atoms with Gasteiger partial charge in [-0.15, -0.1) is 0 Å². The summed E-state index contributed by atoms with van der Waals surface area (Å²) in [6.07, 6.45) is 7.73. The number of aromatic amines is 1. The molecule has 26 heavy (non-hydrogen) atoms. The molecule has 5 heterocycles. The minimum Gasteiger partial charge on any atom is -0.458 e. The number of amides is 1. The standard InChI is InChI=1S/C20H27N3O3/c24-19-5-1-4-17-13-9-14(12-23(17)19)18-10-15(6-8-22(18)11-13)26-20(25)16-3-2-7-21-16/h2-3,7,13-15,17-18,21H,1,4-6,8-12H2/t13?,14?,15-,17+,18-/m0/s1. The normalized spacial score (nSPS) is 37.0. The van der Waals surface area contributed by atoms with E-state index in [1.807, 2.05) is 6.07 Å². The molecule has 0 radical (unpaired) electrons. The summed E-state index contributed by atoms with van der Waals surface area (Å²) in [5.74, 6) is 1.26. The molecule has 4 saturated heterocycles. The van der Waals surface area contributed by atoms with Crippen LogP contribution in [0.3, 0.4) is 0 Å². The van der Waals surface area contributed by atoms with Crippen LogP contribution in [0.15, 0.2) is 18.3 Å². The number of nitrogens with zero attached hydrogens (tertiary/aromatic N) is 2. The van der Waals surface area contributed by atoms with Gasteiger partial charge in [-0.05, 0) is 49.7 Å². The second kappa shape index (κ2) is 6.41. The third-order valence-corrected chi connectivity index (χ3v) is 7.01. The molecule has 2 unspecified atom stereocenters. The van der Waals surface area contributed by atoms with E-state index < -0.39 is 0 Å². The highest BCUT2D eigenvalue weighted by Crippen LogP contribution is 2.43. The Morgan fingerprint density at radius 2 is 2.04 bits per heavy atom. The van der Waals surface area contributed by atoms with Gasteiger partial charge in [0.1, 0.15) is 11.8 Å². The molecule has 1 aromatic rings. The van der Waals surface area contributed by atoms with Crippen molar-refractivity contribution in [2.24, 2.45) is 11.8 Å². The van der Waals surface area contributed by atoms with Crippen LogP contribution in [0.1, 0.15) is 49.0 Å². The summed E-state index contributed by atoms with van der Waals surface area (Å²) in [5, 5.41) is 0. The molecule has 1 aromatic heterocycles. The van der Waals surface area contributed by atoms with E-state index in [0.717, 1.165) is 45.3 Å². The van der Waals surface area contributed by atoms with Gasteiger partial charge in [-0.1, -0.05) is 0 Å². The van der Waals surface area contributed by atoms with E-state index in [0.29, 0.717) is 35.5 Å². The highest BCUT2D eigenvalue weighted by molar-refractivity contribution is 5.87. The van der Waals surface area contributed by atoms with Crippen molar-refractivity contribution in [1.82, 2.24) is 14.8 Å². The average Bonchev–Trinajstić information content (AvgIpc) is 3.18. The lowest BCUT2D eigenvalue weighted by Gasteiger charge is -2.57. The third kappa shape index (κ3) is 2.75. The van der Waals surface area contributed by atoms with Gasteiger partial charge in [-0.25, -0.2) is 4.79 Å². The summed E-state index contributed by atoms with van der Waals surface area (Å²) >= 11 is 0. The summed E-state index contributed by atoms with van der Waals surface area (Å²) in [6, 6.07) is 4.48. The van der Waals surface area contributed by atoms with Gasteiger partial charge >= 0.3 is 5.97 Å². The minimum absolute atomic E-state index is 0.0154. The fraction of sp³-hybridized carbons (Fsp3) is 0.700. The van der Waals surface area contributed by atoms with Gasteiger partial charge in [0.15, 0.2) is 0 Å². The average molecular weight is 357 g/mol. The zero-order valence-electron chi connectivity index (χ0n) is 15.1. The molecule has 0 aromatic carbocycles. The predicted octanol–water partition coefficient (Wildman–Crippen LogP) is 2.04. The first-order valence-corrected chi connectivity index (χ1v) is 10.1. The number of nitrogens with one attached hydrogen (secondary N) is 1. The topological polar surface area (TPSA) is 65.6 Å². The molecule has 4 aliphatic rings. The molecule has 2 bridgehead atoms. The van der Waals surface area contributed by atoms with Crippen LogP contribution >= 0.6 is 0 Å². The lowest BCUT2D eigenvalue weighted by Crippen LogP contribution is -2.65. The molecule has 5 atom stereocenters. The maximum absolute atomic E-state index is 12.4. The van der Waals surface area contributed by atoms with Crippen LogP contribution in [0.4, 0.5) is 0 Å². The third-order valence-electron chi connectivity index (χ3n) is 7.01. The molecule has 4 aliphatic heterocycles. The first kappa shape index (κ1) is 16.4. The van der Waals surface area contributed by atoms with Crippen molar-refractivity contribution in [3.8, 4) is 0 Å². The molecule has 0 saturated carbocycles. The number of hydrogen-bond donors (Lipinski definition) is 1. The summed E-state index contributed by atoms with van der Waals surface area (Å²) in [6.45, 7) is 3.01. The first-order valence-electron chi connectivity index (χ1n) is 10.1. The molecule has 6 heteroatoms. The van der Waals surface area contributed by atoms with Crippen molar-refractivity contribution in [2.45, 2.75) is 56.7 Å². The Labute approximate surface area is 153 Å². The molecular weight excluding hydrogens is 330 g/mol. The first-order chi connectivity index (χ1) is 12.7. The second-order valence-corrected chi connectivity index (χ2v) is 8.46. The van der Waals surface area contributed by atoms with E-state index in [4.69, 9.17) is 4.74 Å². The van der Waals surface area contributed by atoms with Crippen LogP contribution in [-0.4, -0.2) is 64.5 Å². The molecule has 0 aliphatic carbocycles. The number of hydrogen-bond acceptors (Lipinski definition) is 4. The van der Waals surface area contributed by atoms with Crippen LogP contribution in [-0.2, 0) is 9.53 Å². The SMILES string of the molecule is O=C(O[C@H]1CCN2CC3CC(CN4C(=O)CCC[C@H]34)[C@@H]2C1)c1ccc[nH]1. The van der Waals surface area contributed by atoms with Crippen LogP contribution in [0.25, 0.3) is 0 Å². The number of carbonyl (C=O) groups excluding carboxylic acids is 2. The number of piperidine rings is 4. The second-order valence-electron chi connectivity index (χ2n) is 8.46. The van der Waals surface area contributed by atoms with E-state index in [1.54, 1.807) is 12.3 Å². The molecular formula is C20H27N3O3. The fourth-order valence-corrected chi connectivity index (χ4v) is 5.83. The van der Waals surface area contributed by atoms with Crippen molar-refractivity contribution < 1.29 is 14.3 Å². The zero-order chi connectivity index (χ0) is 17.7. The lowest BCUT2D eigenvalue weighted by molar-refractivity contribution is -0.150. The van der Waals surface area contributed by atoms with E-state index in [9.17, 15) is 9.59 Å². The summed E-state index contributed by atoms with van der Waals surface area (Å²) in [5.41, 5.74) is 0.524. The maximum Gasteiger partial charge on any atom is 0.355 e. The molecule has 4 fully saturated rings. The smallest absolute Gasteiger partial charge is 0.355 e. The Kier molecular flexibility index (Phi) is 4.03. The van der Waals surface area contributed by atoms with Crippen LogP contribution in [0.2, 0.25) is 0 Å². The number of fused-ring (bicyclic) bond motifs is 6. The maximum atomic E-state index is 12.4. The van der Waals surface area contributed by atoms with E-state index in [2.05, 4.69) is 14.8 Å². The molecule has 5 rings (SSSR count). The summed E-state index contributed by atoms with van der Waals surface area (Å²) < 4.78 is 5.77. The minimum atomic E-state index is -0.253. The summed E-state index contributed by atoms with van der Waals surface area (Å²) in [4.78, 5) is 32.4. The molecule has 140 valence electrons. The van der Waals surface area contributed by atoms with Crippen molar-refractivity contribution >= 4 is 11.9 Å². The van der Waals surface area contributed by atoms with E-state index >= 15 is 0 Å². The van der Waals surface area contributed by atoms with Crippen molar-refractivity contribution in [1.29, 1.82) is 0 Å². The number of rotatable bonds is 2. The predicted molar refractivity (Wildman–Crippen MR) is 95.5 cm³/mol. The van der Waals surface area contributed by atoms with Gasteiger partial charge in [0, 0.05) is 50.8 Å². The van der Waals surface area contributed by atoms with E-state index in [1.165, 1.54) is 12.8 Å². The molecule has 6 nitrogen and oxygen atoms in total. The van der Waals surface area contributed by atoms with Crippen LogP contribution < -0.4 is 0 Å². The largest absolute Gasteiger partial charge is 0.458 e. The van der Waals surface area contributed by atoms with Gasteiger partial charge < -0.3 is 14.6 Å². The lowest BCUT2D eigenvalue weighted by atomic mass is 9.70. The van der Waals surface area contributed by atoms with Gasteiger partial charge in [0.2, 0.25) is 5.91 Å². The van der Waals surface area contributed by atoms with E-state index in [-0.39, 0.29) is 12.1 Å². The number of esters is 1. The van der Waals surface area contributed by atoms with Gasteiger partial charge in [0.25, 0.3) is 0 Å². The highest BCUT2D eigenvalue weighted by atomic mass is 16.5. The Hall–Kier alpha value is -1.82. The Bertz CT molecular complexity index is 688. The van der Waals surface area contributed by atoms with Gasteiger partial charge in [-0.3, -0.25) is 9.69 Å². The monoisotopic (exact) mass is 357 g/mol. The quantitative estimate of drug-likeness (QED) is 0.823. The van der Waals surface area contributed by atoms with Crippen LogP contribution in [0.5, 0.6) is 0 Å². The van der Waals surface area contributed by atoms with Gasteiger partial charge in [-0.2, -0.15) is 0 Å². The molecule has 1 N–H and O–H groups in total. The fourth-order valence-electron chi connectivity index (χ4n) is 5.83. The Balaban J connectivity index is 1.28. The number of aromatic nitrogens is 1. The number of ether oxygens (including phenoxy) is 1. The number of H-pyrrole nitrogens is 1. The highest BCUT2D eigenvalue weighted by Gasteiger charge is 2.49. The molecule has 0 spiro atoms. The number of carbonyl (C=O) groups is 2. The van der Waals surface area contributed by atoms with Crippen molar-refractivity contribution in [3.05, 3.63) is 24.0 Å². The van der Waals surface area contributed by atoms with Crippen molar-refractivity contribution in [2.75, 3.05) is 19.6 Å². The summed E-state index contributed by atoms with van der Waals surface area (Å²) in [7, 11) is 0.